The largest absolute Gasteiger partial charge is 0.483 e. The van der Waals surface area contributed by atoms with Crippen molar-refractivity contribution in [2.24, 2.45) is 0 Å². The topological polar surface area (TPSA) is 112 Å². The number of imide groups is 1. The third-order valence-electron chi connectivity index (χ3n) is 7.86. The molecule has 0 saturated carbocycles. The zero-order chi connectivity index (χ0) is 28.4. The summed E-state index contributed by atoms with van der Waals surface area (Å²) in [4.78, 5) is 42.3. The van der Waals surface area contributed by atoms with Crippen LogP contribution in [0, 0.1) is 0 Å². The van der Waals surface area contributed by atoms with Gasteiger partial charge in [-0.3, -0.25) is 24.3 Å². The molecule has 2 N–H and O–H groups in total. The number of anilines is 1. The average Bonchev–Trinajstić information content (AvgIpc) is 3.61. The van der Waals surface area contributed by atoms with Crippen LogP contribution in [0.4, 0.5) is 5.69 Å². The van der Waals surface area contributed by atoms with Gasteiger partial charge >= 0.3 is 0 Å². The van der Waals surface area contributed by atoms with Gasteiger partial charge in [0.15, 0.2) is 0 Å². The Kier molecular flexibility index (Phi) is 8.42. The number of hydrogen-bond acceptors (Lipinski definition) is 8. The lowest BCUT2D eigenvalue weighted by molar-refractivity contribution is -0.139. The standard InChI is InChI=1S/C28H31ClN4O3S.CH2O2/c1-28(16-36-2)13-19(14-31-28)32-9-3-4-17-10-18(29)11-22(26(17)32)21-7-8-30-23-12-20(37-27(21)23)15-33-24(34)5-6-25(33)35;2-1-3/h7-8,10-12,19,31H,3-6,9,13-16H2,1-2H3;1H,(H,2,3)/t19-,28+;/m0./s1. The first kappa shape index (κ1) is 28.5. The second-order valence-electron chi connectivity index (χ2n) is 10.8. The molecule has 2 fully saturated rings. The highest BCUT2D eigenvalue weighted by atomic mass is 35.5. The number of rotatable bonds is 6. The average molecular weight is 585 g/mol. The van der Waals surface area contributed by atoms with Crippen molar-refractivity contribution >= 4 is 57.1 Å². The Bertz CT molecular complexity index is 1430. The zero-order valence-corrected chi connectivity index (χ0v) is 24.2. The molecular weight excluding hydrogens is 552 g/mol. The number of fused-ring (bicyclic) bond motifs is 2. The molecule has 2 saturated heterocycles. The summed E-state index contributed by atoms with van der Waals surface area (Å²) in [6.07, 6.45) is 5.55. The minimum absolute atomic E-state index is 0.0410. The number of thiophene rings is 1. The van der Waals surface area contributed by atoms with E-state index in [2.05, 4.69) is 40.3 Å². The van der Waals surface area contributed by atoms with Crippen molar-refractivity contribution in [1.82, 2.24) is 15.2 Å². The van der Waals surface area contributed by atoms with Crippen LogP contribution in [0.15, 0.2) is 30.5 Å². The Morgan fingerprint density at radius 1 is 1.23 bits per heavy atom. The number of benzene rings is 1. The molecule has 5 heterocycles. The Labute approximate surface area is 242 Å². The first-order valence-electron chi connectivity index (χ1n) is 13.4. The zero-order valence-electron chi connectivity index (χ0n) is 22.6. The molecule has 1 aromatic carbocycles. The fourth-order valence-corrected chi connectivity index (χ4v) is 7.59. The van der Waals surface area contributed by atoms with Crippen LogP contribution in [-0.2, 0) is 32.1 Å². The van der Waals surface area contributed by atoms with Crippen molar-refractivity contribution in [2.45, 2.75) is 57.2 Å². The lowest BCUT2D eigenvalue weighted by atomic mass is 9.91. The van der Waals surface area contributed by atoms with Crippen molar-refractivity contribution in [1.29, 1.82) is 0 Å². The number of carbonyl (C=O) groups excluding carboxylic acids is 2. The number of nitrogens with one attached hydrogen (secondary N) is 1. The fourth-order valence-electron chi connectivity index (χ4n) is 6.22. The van der Waals surface area contributed by atoms with Crippen LogP contribution in [0.25, 0.3) is 21.3 Å². The quantitative estimate of drug-likeness (QED) is 0.322. The van der Waals surface area contributed by atoms with Crippen LogP contribution in [0.3, 0.4) is 0 Å². The van der Waals surface area contributed by atoms with Gasteiger partial charge in [-0.05, 0) is 56.0 Å². The van der Waals surface area contributed by atoms with E-state index < -0.39 is 0 Å². The number of pyridine rings is 1. The van der Waals surface area contributed by atoms with Crippen LogP contribution in [0.1, 0.15) is 43.0 Å². The van der Waals surface area contributed by atoms with E-state index in [1.54, 1.807) is 18.4 Å². The molecule has 0 spiro atoms. The smallest absolute Gasteiger partial charge is 0.290 e. The number of likely N-dealkylation sites (tertiary alicyclic amines) is 1. The summed E-state index contributed by atoms with van der Waals surface area (Å²) in [5.74, 6) is -0.193. The molecule has 212 valence electrons. The molecule has 6 rings (SSSR count). The van der Waals surface area contributed by atoms with E-state index in [1.807, 2.05) is 12.3 Å². The molecule has 0 aliphatic carbocycles. The van der Waals surface area contributed by atoms with Crippen molar-refractivity contribution in [3.05, 3.63) is 45.9 Å². The summed E-state index contributed by atoms with van der Waals surface area (Å²) in [7, 11) is 1.76. The molecule has 40 heavy (non-hydrogen) atoms. The van der Waals surface area contributed by atoms with Crippen LogP contribution >= 0.6 is 22.9 Å². The first-order valence-corrected chi connectivity index (χ1v) is 14.6. The summed E-state index contributed by atoms with van der Waals surface area (Å²) in [5.41, 5.74) is 5.59. The molecular formula is C29H33ClN4O5S. The molecule has 3 aromatic rings. The van der Waals surface area contributed by atoms with Crippen molar-refractivity contribution < 1.29 is 24.2 Å². The van der Waals surface area contributed by atoms with Gasteiger partial charge in [0.1, 0.15) is 0 Å². The highest BCUT2D eigenvalue weighted by molar-refractivity contribution is 7.19. The van der Waals surface area contributed by atoms with E-state index in [1.165, 1.54) is 16.2 Å². The molecule has 2 amide bonds. The van der Waals surface area contributed by atoms with Crippen molar-refractivity contribution in [2.75, 3.05) is 31.7 Å². The third-order valence-corrected chi connectivity index (χ3v) is 9.22. The van der Waals surface area contributed by atoms with Crippen LogP contribution in [0.2, 0.25) is 5.02 Å². The number of ether oxygens (including phenoxy) is 1. The van der Waals surface area contributed by atoms with Gasteiger partial charge in [-0.15, -0.1) is 11.3 Å². The fraction of sp³-hybridized carbons (Fsp3) is 0.448. The summed E-state index contributed by atoms with van der Waals surface area (Å²) in [6, 6.07) is 8.63. The van der Waals surface area contributed by atoms with E-state index in [4.69, 9.17) is 26.2 Å². The number of nitrogens with zero attached hydrogens (tertiary/aromatic N) is 3. The van der Waals surface area contributed by atoms with Crippen molar-refractivity contribution in [3.8, 4) is 11.1 Å². The third kappa shape index (κ3) is 5.58. The molecule has 0 bridgehead atoms. The molecule has 3 aliphatic heterocycles. The summed E-state index contributed by atoms with van der Waals surface area (Å²) in [5, 5.41) is 11.3. The van der Waals surface area contributed by atoms with Gasteiger partial charge in [-0.2, -0.15) is 0 Å². The summed E-state index contributed by atoms with van der Waals surface area (Å²) < 4.78 is 6.56. The van der Waals surface area contributed by atoms with E-state index in [0.717, 1.165) is 63.6 Å². The maximum atomic E-state index is 12.2. The predicted molar refractivity (Wildman–Crippen MR) is 156 cm³/mol. The number of halogens is 1. The van der Waals surface area contributed by atoms with Crippen LogP contribution in [-0.4, -0.2) is 71.7 Å². The second-order valence-corrected chi connectivity index (χ2v) is 12.3. The summed E-state index contributed by atoms with van der Waals surface area (Å²) >= 11 is 8.29. The summed E-state index contributed by atoms with van der Waals surface area (Å²) in [6.45, 7) is 4.89. The number of hydrogen-bond donors (Lipinski definition) is 2. The number of amides is 2. The second kappa shape index (κ2) is 11.8. The molecule has 0 radical (unpaired) electrons. The Morgan fingerprint density at radius 3 is 2.70 bits per heavy atom. The molecule has 11 heteroatoms. The minimum Gasteiger partial charge on any atom is -0.483 e. The Morgan fingerprint density at radius 2 is 1.98 bits per heavy atom. The van der Waals surface area contributed by atoms with Crippen LogP contribution < -0.4 is 10.2 Å². The van der Waals surface area contributed by atoms with E-state index in [9.17, 15) is 9.59 Å². The van der Waals surface area contributed by atoms with Gasteiger partial charge in [-0.1, -0.05) is 11.6 Å². The minimum atomic E-state index is -0.250. The van der Waals surface area contributed by atoms with Crippen LogP contribution in [0.5, 0.6) is 0 Å². The van der Waals surface area contributed by atoms with Gasteiger partial charge in [-0.25, -0.2) is 0 Å². The van der Waals surface area contributed by atoms with E-state index in [-0.39, 0.29) is 23.8 Å². The molecule has 2 atom stereocenters. The van der Waals surface area contributed by atoms with Gasteiger partial charge < -0.3 is 20.1 Å². The highest BCUT2D eigenvalue weighted by Gasteiger charge is 2.39. The van der Waals surface area contributed by atoms with Gasteiger partial charge in [0.05, 0.1) is 23.4 Å². The molecule has 0 unspecified atom stereocenters. The van der Waals surface area contributed by atoms with E-state index >= 15 is 0 Å². The Hall–Kier alpha value is -3.05. The Balaban J connectivity index is 0.00000103. The number of carbonyl (C=O) groups is 3. The highest BCUT2D eigenvalue weighted by Crippen LogP contribution is 2.45. The lowest BCUT2D eigenvalue weighted by Crippen LogP contribution is -2.41. The number of aryl methyl sites for hydroxylation is 1. The normalized spacial score (nSPS) is 22.4. The SMILES string of the molecule is COC[C@@]1(C)C[C@H](N2CCCc3cc(Cl)cc(-c4ccnc5cc(CN6C(=O)CCC6=O)sc45)c32)CN1.O=CO. The molecule has 9 nitrogen and oxygen atoms in total. The monoisotopic (exact) mass is 584 g/mol. The maximum Gasteiger partial charge on any atom is 0.290 e. The number of carboxylic acid groups (broad SMARTS) is 1. The van der Waals surface area contributed by atoms with Crippen molar-refractivity contribution in [3.63, 3.8) is 0 Å². The number of methoxy groups -OCH3 is 1. The maximum absolute atomic E-state index is 12.2. The molecule has 2 aromatic heterocycles. The molecule has 3 aliphatic rings. The first-order chi connectivity index (χ1) is 19.3. The van der Waals surface area contributed by atoms with E-state index in [0.29, 0.717) is 32.0 Å². The number of aromatic nitrogens is 1. The van der Waals surface area contributed by atoms with Gasteiger partial charge in [0, 0.05) is 77.5 Å². The lowest BCUT2D eigenvalue weighted by Gasteiger charge is -2.38. The van der Waals surface area contributed by atoms with Gasteiger partial charge in [0.2, 0.25) is 11.8 Å². The van der Waals surface area contributed by atoms with Gasteiger partial charge in [0.25, 0.3) is 6.47 Å². The predicted octanol–water partition coefficient (Wildman–Crippen LogP) is 4.49.